The first-order chi connectivity index (χ1) is 6.52. The molecule has 2 nitrogen and oxygen atoms in total. The molecule has 0 saturated carbocycles. The quantitative estimate of drug-likeness (QED) is 0.666. The Hall–Kier alpha value is -0.530. The highest BCUT2D eigenvalue weighted by Crippen LogP contribution is 2.24. The van der Waals surface area contributed by atoms with Crippen LogP contribution in [-0.2, 0) is 4.79 Å². The molecule has 0 bridgehead atoms. The molecule has 82 valence electrons. The number of likely N-dealkylation sites (tertiary alicyclic amines) is 1. The minimum absolute atomic E-state index is 0.158. The summed E-state index contributed by atoms with van der Waals surface area (Å²) in [6.45, 7) is 10.5. The van der Waals surface area contributed by atoms with E-state index in [4.69, 9.17) is 0 Å². The van der Waals surface area contributed by atoms with E-state index in [0.29, 0.717) is 5.91 Å². The van der Waals surface area contributed by atoms with Crippen molar-refractivity contribution < 1.29 is 4.79 Å². The lowest BCUT2D eigenvalue weighted by Crippen LogP contribution is -2.41. The van der Waals surface area contributed by atoms with Crippen molar-refractivity contribution in [3.8, 4) is 0 Å². The van der Waals surface area contributed by atoms with Gasteiger partial charge in [0.15, 0.2) is 0 Å². The number of hydrogen-bond donors (Lipinski definition) is 0. The Morgan fingerprint density at radius 2 is 1.64 bits per heavy atom. The van der Waals surface area contributed by atoms with Gasteiger partial charge in [-0.25, -0.2) is 0 Å². The van der Waals surface area contributed by atoms with Crippen LogP contribution < -0.4 is 0 Å². The fourth-order valence-electron chi connectivity index (χ4n) is 2.15. The van der Waals surface area contributed by atoms with Gasteiger partial charge in [0.05, 0.1) is 0 Å². The summed E-state index contributed by atoms with van der Waals surface area (Å²) in [5, 5.41) is 0. The first-order valence-electron chi connectivity index (χ1n) is 5.81. The molecule has 1 fully saturated rings. The smallest absolute Gasteiger partial charge is 0.225 e. The Labute approximate surface area is 87.7 Å². The molecule has 1 aliphatic heterocycles. The summed E-state index contributed by atoms with van der Waals surface area (Å²) >= 11 is 0. The van der Waals surface area contributed by atoms with Crippen molar-refractivity contribution in [2.75, 3.05) is 13.1 Å². The molecule has 0 N–H and O–H groups in total. The van der Waals surface area contributed by atoms with Crippen molar-refractivity contribution >= 4 is 5.91 Å². The maximum absolute atomic E-state index is 11.7. The third-order valence-corrected chi connectivity index (χ3v) is 3.29. The predicted octanol–water partition coefficient (Wildman–Crippen LogP) is 2.54. The Morgan fingerprint density at radius 1 is 1.14 bits per heavy atom. The summed E-state index contributed by atoms with van der Waals surface area (Å²) in [4.78, 5) is 13.7. The highest BCUT2D eigenvalue weighted by Gasteiger charge is 2.25. The van der Waals surface area contributed by atoms with Crippen LogP contribution >= 0.6 is 0 Å². The maximum Gasteiger partial charge on any atom is 0.225 e. The highest BCUT2D eigenvalue weighted by atomic mass is 16.2. The van der Waals surface area contributed by atoms with Crippen molar-refractivity contribution in [3.63, 3.8) is 0 Å². The van der Waals surface area contributed by atoms with Gasteiger partial charge in [-0.3, -0.25) is 4.79 Å². The molecule has 14 heavy (non-hydrogen) atoms. The average molecular weight is 197 g/mol. The van der Waals surface area contributed by atoms with Gasteiger partial charge in [0.2, 0.25) is 5.91 Å². The van der Waals surface area contributed by atoms with E-state index in [9.17, 15) is 4.79 Å². The second-order valence-electron chi connectivity index (χ2n) is 5.06. The molecule has 0 unspecified atom stereocenters. The van der Waals surface area contributed by atoms with Gasteiger partial charge in [0, 0.05) is 19.0 Å². The molecule has 0 radical (unpaired) electrons. The zero-order chi connectivity index (χ0) is 10.7. The maximum atomic E-state index is 11.7. The minimum Gasteiger partial charge on any atom is -0.342 e. The average Bonchev–Trinajstić information content (AvgIpc) is 2.16. The van der Waals surface area contributed by atoms with Gasteiger partial charge in [-0.1, -0.05) is 27.7 Å². The zero-order valence-electron chi connectivity index (χ0n) is 9.92. The monoisotopic (exact) mass is 197 g/mol. The number of amides is 1. The van der Waals surface area contributed by atoms with Gasteiger partial charge in [-0.2, -0.15) is 0 Å². The number of carbonyl (C=O) groups is 1. The standard InChI is InChI=1S/C12H23NO/c1-9(2)11-5-7-13(8-6-11)12(14)10(3)4/h9-11H,5-8H2,1-4H3. The van der Waals surface area contributed by atoms with Crippen LogP contribution in [0.25, 0.3) is 0 Å². The van der Waals surface area contributed by atoms with E-state index in [2.05, 4.69) is 13.8 Å². The van der Waals surface area contributed by atoms with E-state index in [-0.39, 0.29) is 5.92 Å². The Bertz CT molecular complexity index is 190. The zero-order valence-corrected chi connectivity index (χ0v) is 9.92. The summed E-state index contributed by atoms with van der Waals surface area (Å²) in [5.41, 5.74) is 0. The Kier molecular flexibility index (Phi) is 3.97. The normalized spacial score (nSPS) is 19.4. The van der Waals surface area contributed by atoms with Gasteiger partial charge in [0.25, 0.3) is 0 Å². The highest BCUT2D eigenvalue weighted by molar-refractivity contribution is 5.78. The van der Waals surface area contributed by atoms with E-state index in [1.807, 2.05) is 18.7 Å². The van der Waals surface area contributed by atoms with Gasteiger partial charge in [-0.05, 0) is 24.7 Å². The SMILES string of the molecule is CC(C)C(=O)N1CCC(C(C)C)CC1. The largest absolute Gasteiger partial charge is 0.342 e. The first-order valence-corrected chi connectivity index (χ1v) is 5.81. The molecule has 1 aliphatic rings. The van der Waals surface area contributed by atoms with Crippen LogP contribution in [0.15, 0.2) is 0 Å². The van der Waals surface area contributed by atoms with E-state index < -0.39 is 0 Å². The molecule has 0 aromatic heterocycles. The van der Waals surface area contributed by atoms with Crippen molar-refractivity contribution in [3.05, 3.63) is 0 Å². The van der Waals surface area contributed by atoms with Crippen molar-refractivity contribution in [1.29, 1.82) is 0 Å². The van der Waals surface area contributed by atoms with Gasteiger partial charge in [-0.15, -0.1) is 0 Å². The summed E-state index contributed by atoms with van der Waals surface area (Å²) in [6, 6.07) is 0. The second-order valence-corrected chi connectivity index (χ2v) is 5.06. The summed E-state index contributed by atoms with van der Waals surface area (Å²) in [6.07, 6.45) is 2.38. The second kappa shape index (κ2) is 4.81. The van der Waals surface area contributed by atoms with E-state index >= 15 is 0 Å². The van der Waals surface area contributed by atoms with Crippen LogP contribution in [0.5, 0.6) is 0 Å². The lowest BCUT2D eigenvalue weighted by atomic mass is 9.86. The minimum atomic E-state index is 0.158. The molecule has 0 aliphatic carbocycles. The number of hydrogen-bond acceptors (Lipinski definition) is 1. The molecule has 1 saturated heterocycles. The van der Waals surface area contributed by atoms with Crippen molar-refractivity contribution in [2.24, 2.45) is 17.8 Å². The van der Waals surface area contributed by atoms with Crippen molar-refractivity contribution in [2.45, 2.75) is 40.5 Å². The van der Waals surface area contributed by atoms with Crippen LogP contribution in [-0.4, -0.2) is 23.9 Å². The third kappa shape index (κ3) is 2.73. The number of carbonyl (C=O) groups excluding carboxylic acids is 1. The molecule has 1 rings (SSSR count). The summed E-state index contributed by atoms with van der Waals surface area (Å²) < 4.78 is 0. The van der Waals surface area contributed by atoms with E-state index in [0.717, 1.165) is 24.9 Å². The third-order valence-electron chi connectivity index (χ3n) is 3.29. The molecule has 2 heteroatoms. The van der Waals surface area contributed by atoms with E-state index in [1.165, 1.54) is 12.8 Å². The van der Waals surface area contributed by atoms with Crippen LogP contribution in [0.1, 0.15) is 40.5 Å². The lowest BCUT2D eigenvalue weighted by Gasteiger charge is -2.34. The van der Waals surface area contributed by atoms with Crippen LogP contribution in [0.3, 0.4) is 0 Å². The predicted molar refractivity (Wildman–Crippen MR) is 59.0 cm³/mol. The van der Waals surface area contributed by atoms with Crippen LogP contribution in [0, 0.1) is 17.8 Å². The van der Waals surface area contributed by atoms with Gasteiger partial charge < -0.3 is 4.90 Å². The first kappa shape index (κ1) is 11.5. The molecule has 0 aromatic rings. The fraction of sp³-hybridized carbons (Fsp3) is 0.917. The molecular formula is C12H23NO. The summed E-state index contributed by atoms with van der Waals surface area (Å²) in [7, 11) is 0. The van der Waals surface area contributed by atoms with Gasteiger partial charge in [0.1, 0.15) is 0 Å². The van der Waals surface area contributed by atoms with Crippen molar-refractivity contribution in [1.82, 2.24) is 4.90 Å². The number of rotatable bonds is 2. The van der Waals surface area contributed by atoms with E-state index in [1.54, 1.807) is 0 Å². The molecular weight excluding hydrogens is 174 g/mol. The number of nitrogens with zero attached hydrogens (tertiary/aromatic N) is 1. The number of piperidine rings is 1. The van der Waals surface area contributed by atoms with Crippen LogP contribution in [0.2, 0.25) is 0 Å². The topological polar surface area (TPSA) is 20.3 Å². The lowest BCUT2D eigenvalue weighted by molar-refractivity contribution is -0.136. The fourth-order valence-corrected chi connectivity index (χ4v) is 2.15. The summed E-state index contributed by atoms with van der Waals surface area (Å²) in [5.74, 6) is 2.08. The molecule has 0 atom stereocenters. The van der Waals surface area contributed by atoms with Gasteiger partial charge >= 0.3 is 0 Å². The molecule has 1 amide bonds. The van der Waals surface area contributed by atoms with Crippen LogP contribution in [0.4, 0.5) is 0 Å². The molecule has 1 heterocycles. The molecule has 0 spiro atoms. The Balaban J connectivity index is 2.39. The Morgan fingerprint density at radius 3 is 2.00 bits per heavy atom. The molecule has 0 aromatic carbocycles.